The molecule has 0 aliphatic rings. The first-order valence-electron chi connectivity index (χ1n) is 5.01. The highest BCUT2D eigenvalue weighted by molar-refractivity contribution is 7.16. The van der Waals surface area contributed by atoms with Gasteiger partial charge in [0.05, 0.1) is 10.9 Å². The van der Waals surface area contributed by atoms with Crippen LogP contribution in [0.2, 0.25) is 4.34 Å². The average Bonchev–Trinajstić information content (AvgIpc) is 2.84. The maximum absolute atomic E-state index is 5.89. The van der Waals surface area contributed by atoms with Crippen molar-refractivity contribution in [2.24, 2.45) is 0 Å². The van der Waals surface area contributed by atoms with Crippen molar-refractivity contribution in [1.82, 2.24) is 20.5 Å². The van der Waals surface area contributed by atoms with E-state index in [-0.39, 0.29) is 6.04 Å². The Labute approximate surface area is 103 Å². The van der Waals surface area contributed by atoms with Gasteiger partial charge in [-0.1, -0.05) is 11.6 Å². The lowest BCUT2D eigenvalue weighted by molar-refractivity contribution is 0.567. The highest BCUT2D eigenvalue weighted by atomic mass is 35.5. The van der Waals surface area contributed by atoms with Crippen molar-refractivity contribution in [2.75, 3.05) is 0 Å². The molecule has 0 saturated heterocycles. The Hall–Kier alpha value is -0.910. The van der Waals surface area contributed by atoms with E-state index in [9.17, 15) is 0 Å². The Balaban J connectivity index is 1.91. The van der Waals surface area contributed by atoms with Crippen molar-refractivity contribution in [3.63, 3.8) is 0 Å². The molecule has 86 valence electrons. The van der Waals surface area contributed by atoms with Gasteiger partial charge in [-0.15, -0.1) is 11.3 Å². The van der Waals surface area contributed by atoms with Crippen LogP contribution in [0.3, 0.4) is 0 Å². The molecule has 0 amide bonds. The summed E-state index contributed by atoms with van der Waals surface area (Å²) >= 11 is 7.48. The standard InChI is InChI=1S/C10H13ClN4S/c1-6(8-3-4-9(11)16-8)12-5-10-13-7(2)14-15-10/h3-4,6,12H,5H2,1-2H3,(H,13,14,15). The number of aryl methyl sites for hydroxylation is 1. The van der Waals surface area contributed by atoms with Crippen LogP contribution in [0.4, 0.5) is 0 Å². The average molecular weight is 257 g/mol. The molecule has 0 aliphatic carbocycles. The number of hydrogen-bond acceptors (Lipinski definition) is 4. The second kappa shape index (κ2) is 4.95. The highest BCUT2D eigenvalue weighted by Gasteiger charge is 2.08. The fourth-order valence-electron chi connectivity index (χ4n) is 1.37. The summed E-state index contributed by atoms with van der Waals surface area (Å²) < 4.78 is 0.817. The normalized spacial score (nSPS) is 12.9. The highest BCUT2D eigenvalue weighted by Crippen LogP contribution is 2.26. The number of aromatic nitrogens is 3. The van der Waals surface area contributed by atoms with Gasteiger partial charge in [0, 0.05) is 10.9 Å². The fraction of sp³-hybridized carbons (Fsp3) is 0.400. The zero-order valence-electron chi connectivity index (χ0n) is 9.12. The lowest BCUT2D eigenvalue weighted by atomic mass is 10.3. The van der Waals surface area contributed by atoms with Crippen LogP contribution in [0.15, 0.2) is 12.1 Å². The molecular formula is C10H13ClN4S. The summed E-state index contributed by atoms with van der Waals surface area (Å²) in [6.07, 6.45) is 0. The monoisotopic (exact) mass is 256 g/mol. The number of hydrogen-bond donors (Lipinski definition) is 2. The minimum Gasteiger partial charge on any atom is -0.302 e. The summed E-state index contributed by atoms with van der Waals surface area (Å²) in [6, 6.07) is 4.21. The van der Waals surface area contributed by atoms with E-state index in [1.54, 1.807) is 11.3 Å². The largest absolute Gasteiger partial charge is 0.302 e. The Morgan fingerprint density at radius 2 is 2.38 bits per heavy atom. The smallest absolute Gasteiger partial charge is 0.164 e. The van der Waals surface area contributed by atoms with Gasteiger partial charge in [-0.25, -0.2) is 4.98 Å². The third-order valence-electron chi connectivity index (χ3n) is 2.23. The van der Waals surface area contributed by atoms with E-state index in [1.165, 1.54) is 4.88 Å². The minimum absolute atomic E-state index is 0.260. The van der Waals surface area contributed by atoms with Gasteiger partial charge in [0.2, 0.25) is 0 Å². The molecule has 2 heterocycles. The lowest BCUT2D eigenvalue weighted by Gasteiger charge is -2.09. The molecule has 0 radical (unpaired) electrons. The van der Waals surface area contributed by atoms with Crippen LogP contribution >= 0.6 is 22.9 Å². The number of nitrogens with zero attached hydrogens (tertiary/aromatic N) is 2. The first-order valence-corrected chi connectivity index (χ1v) is 6.21. The molecule has 1 unspecified atom stereocenters. The molecule has 4 nitrogen and oxygen atoms in total. The van der Waals surface area contributed by atoms with Crippen molar-refractivity contribution >= 4 is 22.9 Å². The quantitative estimate of drug-likeness (QED) is 0.884. The SMILES string of the molecule is Cc1nc(CNC(C)c2ccc(Cl)s2)n[nH]1. The Morgan fingerprint density at radius 3 is 2.94 bits per heavy atom. The maximum Gasteiger partial charge on any atom is 0.164 e. The summed E-state index contributed by atoms with van der Waals surface area (Å²) in [5.41, 5.74) is 0. The molecule has 0 spiro atoms. The van der Waals surface area contributed by atoms with Crippen LogP contribution in [0, 0.1) is 6.92 Å². The fourth-order valence-corrected chi connectivity index (χ4v) is 2.46. The van der Waals surface area contributed by atoms with Crippen molar-refractivity contribution in [3.05, 3.63) is 33.0 Å². The van der Waals surface area contributed by atoms with E-state index >= 15 is 0 Å². The second-order valence-corrected chi connectivity index (χ2v) is 5.33. The number of aromatic amines is 1. The molecule has 0 fully saturated rings. The summed E-state index contributed by atoms with van der Waals surface area (Å²) in [5.74, 6) is 1.62. The van der Waals surface area contributed by atoms with E-state index < -0.39 is 0 Å². The summed E-state index contributed by atoms with van der Waals surface area (Å²) in [7, 11) is 0. The molecule has 2 aromatic rings. The van der Waals surface area contributed by atoms with Crippen LogP contribution in [0.1, 0.15) is 29.5 Å². The van der Waals surface area contributed by atoms with Crippen LogP contribution in [-0.2, 0) is 6.54 Å². The molecule has 6 heteroatoms. The molecule has 0 saturated carbocycles. The first-order chi connectivity index (χ1) is 7.65. The van der Waals surface area contributed by atoms with Crippen LogP contribution in [0.25, 0.3) is 0 Å². The molecule has 2 aromatic heterocycles. The van der Waals surface area contributed by atoms with E-state index in [4.69, 9.17) is 11.6 Å². The van der Waals surface area contributed by atoms with Crippen molar-refractivity contribution in [3.8, 4) is 0 Å². The molecule has 2 N–H and O–H groups in total. The van der Waals surface area contributed by atoms with E-state index in [0.29, 0.717) is 6.54 Å². The topological polar surface area (TPSA) is 53.6 Å². The van der Waals surface area contributed by atoms with Crippen LogP contribution < -0.4 is 5.32 Å². The number of H-pyrrole nitrogens is 1. The van der Waals surface area contributed by atoms with E-state index in [0.717, 1.165) is 16.0 Å². The van der Waals surface area contributed by atoms with Crippen LogP contribution in [-0.4, -0.2) is 15.2 Å². The molecule has 0 aliphatic heterocycles. The zero-order chi connectivity index (χ0) is 11.5. The number of halogens is 1. The first kappa shape index (κ1) is 11.6. The summed E-state index contributed by atoms with van der Waals surface area (Å²) in [5, 5.41) is 10.2. The second-order valence-electron chi connectivity index (χ2n) is 3.58. The van der Waals surface area contributed by atoms with Gasteiger partial charge in [0.25, 0.3) is 0 Å². The Bertz CT molecular complexity index is 465. The van der Waals surface area contributed by atoms with Gasteiger partial charge < -0.3 is 5.32 Å². The van der Waals surface area contributed by atoms with Crippen molar-refractivity contribution in [2.45, 2.75) is 26.4 Å². The zero-order valence-corrected chi connectivity index (χ0v) is 10.7. The van der Waals surface area contributed by atoms with Gasteiger partial charge in [0.15, 0.2) is 5.82 Å². The molecule has 2 rings (SSSR count). The molecule has 1 atom stereocenters. The Kier molecular flexibility index (Phi) is 3.58. The molecule has 0 bridgehead atoms. The maximum atomic E-state index is 5.89. The predicted molar refractivity (Wildman–Crippen MR) is 65.7 cm³/mol. The number of thiophene rings is 1. The third kappa shape index (κ3) is 2.81. The van der Waals surface area contributed by atoms with Gasteiger partial charge in [0.1, 0.15) is 5.82 Å². The minimum atomic E-state index is 0.260. The van der Waals surface area contributed by atoms with Crippen molar-refractivity contribution < 1.29 is 0 Å². The van der Waals surface area contributed by atoms with Crippen LogP contribution in [0.5, 0.6) is 0 Å². The lowest BCUT2D eigenvalue weighted by Crippen LogP contribution is -2.17. The van der Waals surface area contributed by atoms with Gasteiger partial charge in [-0.2, -0.15) is 5.10 Å². The van der Waals surface area contributed by atoms with E-state index in [1.807, 2.05) is 19.1 Å². The summed E-state index contributed by atoms with van der Waals surface area (Å²) in [4.78, 5) is 5.45. The van der Waals surface area contributed by atoms with Gasteiger partial charge in [-0.05, 0) is 26.0 Å². The molecule has 16 heavy (non-hydrogen) atoms. The molecular weight excluding hydrogens is 244 g/mol. The van der Waals surface area contributed by atoms with Gasteiger partial charge >= 0.3 is 0 Å². The third-order valence-corrected chi connectivity index (χ3v) is 3.64. The summed E-state index contributed by atoms with van der Waals surface area (Å²) in [6.45, 7) is 4.64. The Morgan fingerprint density at radius 1 is 1.56 bits per heavy atom. The number of rotatable bonds is 4. The molecule has 0 aromatic carbocycles. The predicted octanol–water partition coefficient (Wildman–Crippen LogP) is 2.68. The van der Waals surface area contributed by atoms with Crippen molar-refractivity contribution in [1.29, 1.82) is 0 Å². The number of nitrogens with one attached hydrogen (secondary N) is 2. The van der Waals surface area contributed by atoms with Gasteiger partial charge in [-0.3, -0.25) is 5.10 Å². The van der Waals surface area contributed by atoms with E-state index in [2.05, 4.69) is 27.4 Å².